The molecule has 0 bridgehead atoms. The van der Waals surface area contributed by atoms with Gasteiger partial charge in [-0.05, 0) is 43.1 Å². The molecule has 0 spiro atoms. The van der Waals surface area contributed by atoms with Crippen molar-refractivity contribution in [2.75, 3.05) is 44.7 Å². The van der Waals surface area contributed by atoms with Gasteiger partial charge in [-0.2, -0.15) is 4.31 Å². The SMILES string of the molecule is O=[N+]([O-])c1ccc(NCc2ccccc2CN2CCCC2)c(S(=O)(=O)N2CCOCC2)c1. The van der Waals surface area contributed by atoms with E-state index in [0.29, 0.717) is 25.4 Å². The van der Waals surface area contributed by atoms with E-state index < -0.39 is 14.9 Å². The summed E-state index contributed by atoms with van der Waals surface area (Å²) in [6, 6.07) is 12.0. The first-order valence-corrected chi connectivity index (χ1v) is 12.3. The highest BCUT2D eigenvalue weighted by Gasteiger charge is 2.30. The molecule has 2 aromatic carbocycles. The molecule has 9 nitrogen and oxygen atoms in total. The van der Waals surface area contributed by atoms with Gasteiger partial charge in [0.15, 0.2) is 0 Å². The zero-order valence-electron chi connectivity index (χ0n) is 17.9. The Bertz CT molecular complexity index is 1060. The maximum absolute atomic E-state index is 13.3. The van der Waals surface area contributed by atoms with Gasteiger partial charge in [0.05, 0.1) is 23.8 Å². The molecule has 0 aliphatic carbocycles. The van der Waals surface area contributed by atoms with Crippen molar-refractivity contribution in [3.8, 4) is 0 Å². The summed E-state index contributed by atoms with van der Waals surface area (Å²) < 4.78 is 33.2. The lowest BCUT2D eigenvalue weighted by Gasteiger charge is -2.27. The van der Waals surface area contributed by atoms with E-state index in [1.807, 2.05) is 18.2 Å². The third kappa shape index (κ3) is 5.09. The van der Waals surface area contributed by atoms with E-state index in [0.717, 1.165) is 31.3 Å². The average molecular weight is 461 g/mol. The normalized spacial score (nSPS) is 18.0. The van der Waals surface area contributed by atoms with Crippen LogP contribution in [0.3, 0.4) is 0 Å². The van der Waals surface area contributed by atoms with Crippen LogP contribution in [0.5, 0.6) is 0 Å². The fourth-order valence-corrected chi connectivity index (χ4v) is 5.76. The summed E-state index contributed by atoms with van der Waals surface area (Å²) in [4.78, 5) is 13.1. The molecule has 172 valence electrons. The highest BCUT2D eigenvalue weighted by atomic mass is 32.2. The maximum Gasteiger partial charge on any atom is 0.270 e. The first-order chi connectivity index (χ1) is 15.4. The molecule has 2 heterocycles. The van der Waals surface area contributed by atoms with Crippen LogP contribution in [-0.4, -0.2) is 61.9 Å². The van der Waals surface area contributed by atoms with Gasteiger partial charge in [0.2, 0.25) is 10.0 Å². The number of non-ortho nitro benzene ring substituents is 1. The lowest BCUT2D eigenvalue weighted by atomic mass is 10.1. The Hall–Kier alpha value is -2.53. The van der Waals surface area contributed by atoms with Gasteiger partial charge >= 0.3 is 0 Å². The lowest BCUT2D eigenvalue weighted by molar-refractivity contribution is -0.385. The molecular formula is C22H28N4O5S. The number of rotatable bonds is 8. The Labute approximate surface area is 188 Å². The number of benzene rings is 2. The molecule has 32 heavy (non-hydrogen) atoms. The number of sulfonamides is 1. The van der Waals surface area contributed by atoms with Crippen molar-refractivity contribution >= 4 is 21.4 Å². The highest BCUT2D eigenvalue weighted by Crippen LogP contribution is 2.30. The van der Waals surface area contributed by atoms with Crippen molar-refractivity contribution in [3.05, 3.63) is 63.7 Å². The molecule has 4 rings (SSSR count). The third-order valence-electron chi connectivity index (χ3n) is 5.94. The monoisotopic (exact) mass is 460 g/mol. The number of anilines is 1. The predicted molar refractivity (Wildman–Crippen MR) is 121 cm³/mol. The van der Waals surface area contributed by atoms with E-state index in [1.54, 1.807) is 0 Å². The van der Waals surface area contributed by atoms with E-state index >= 15 is 0 Å². The van der Waals surface area contributed by atoms with Gasteiger partial charge in [-0.3, -0.25) is 15.0 Å². The molecule has 2 saturated heterocycles. The molecule has 0 unspecified atom stereocenters. The third-order valence-corrected chi connectivity index (χ3v) is 7.88. The van der Waals surface area contributed by atoms with Crippen LogP contribution in [0, 0.1) is 10.1 Å². The van der Waals surface area contributed by atoms with Gasteiger partial charge in [0, 0.05) is 38.3 Å². The molecule has 2 fully saturated rings. The quantitative estimate of drug-likeness (QED) is 0.477. The van der Waals surface area contributed by atoms with Crippen LogP contribution >= 0.6 is 0 Å². The molecule has 2 aromatic rings. The minimum absolute atomic E-state index is 0.0781. The summed E-state index contributed by atoms with van der Waals surface area (Å²) in [5, 5.41) is 14.5. The number of nitrogens with one attached hydrogen (secondary N) is 1. The number of nitrogens with zero attached hydrogens (tertiary/aromatic N) is 3. The van der Waals surface area contributed by atoms with Crippen LogP contribution in [0.15, 0.2) is 47.4 Å². The largest absolute Gasteiger partial charge is 0.380 e. The van der Waals surface area contributed by atoms with E-state index in [1.165, 1.54) is 34.8 Å². The molecule has 0 atom stereocenters. The van der Waals surface area contributed by atoms with Crippen LogP contribution in [0.1, 0.15) is 24.0 Å². The zero-order valence-corrected chi connectivity index (χ0v) is 18.7. The molecule has 1 N–H and O–H groups in total. The van der Waals surface area contributed by atoms with E-state index in [9.17, 15) is 18.5 Å². The second-order valence-electron chi connectivity index (χ2n) is 8.06. The zero-order chi connectivity index (χ0) is 22.6. The van der Waals surface area contributed by atoms with Crippen LogP contribution in [0.25, 0.3) is 0 Å². The highest BCUT2D eigenvalue weighted by molar-refractivity contribution is 7.89. The number of nitro benzene ring substituents is 1. The number of hydrogen-bond acceptors (Lipinski definition) is 7. The maximum atomic E-state index is 13.3. The molecule has 0 aromatic heterocycles. The fourth-order valence-electron chi connectivity index (χ4n) is 4.17. The topological polar surface area (TPSA) is 105 Å². The summed E-state index contributed by atoms with van der Waals surface area (Å²) in [6.45, 7) is 4.52. The van der Waals surface area contributed by atoms with Gasteiger partial charge in [0.25, 0.3) is 5.69 Å². The van der Waals surface area contributed by atoms with Crippen molar-refractivity contribution in [3.63, 3.8) is 0 Å². The Morgan fingerprint density at radius 3 is 2.38 bits per heavy atom. The van der Waals surface area contributed by atoms with Crippen molar-refractivity contribution in [1.82, 2.24) is 9.21 Å². The van der Waals surface area contributed by atoms with E-state index in [2.05, 4.69) is 16.3 Å². The molecule has 0 amide bonds. The minimum Gasteiger partial charge on any atom is -0.380 e. The fraction of sp³-hybridized carbons (Fsp3) is 0.455. The van der Waals surface area contributed by atoms with Crippen molar-refractivity contribution < 1.29 is 18.1 Å². The van der Waals surface area contributed by atoms with Gasteiger partial charge < -0.3 is 10.1 Å². The van der Waals surface area contributed by atoms with Gasteiger partial charge in [-0.25, -0.2) is 8.42 Å². The van der Waals surface area contributed by atoms with Crippen molar-refractivity contribution in [2.45, 2.75) is 30.8 Å². The summed E-state index contributed by atoms with van der Waals surface area (Å²) in [5.74, 6) is 0. The molecular weight excluding hydrogens is 432 g/mol. The molecule has 0 saturated carbocycles. The average Bonchev–Trinajstić information content (AvgIpc) is 3.32. The molecule has 2 aliphatic rings. The number of likely N-dealkylation sites (tertiary alicyclic amines) is 1. The van der Waals surface area contributed by atoms with Crippen molar-refractivity contribution in [2.24, 2.45) is 0 Å². The van der Waals surface area contributed by atoms with Crippen molar-refractivity contribution in [1.29, 1.82) is 0 Å². The second-order valence-corrected chi connectivity index (χ2v) is 9.97. The minimum atomic E-state index is -3.90. The first-order valence-electron chi connectivity index (χ1n) is 10.8. The molecule has 2 aliphatic heterocycles. The molecule has 0 radical (unpaired) electrons. The summed E-state index contributed by atoms with van der Waals surface area (Å²) >= 11 is 0. The Morgan fingerprint density at radius 1 is 1.00 bits per heavy atom. The first kappa shape index (κ1) is 22.7. The van der Waals surface area contributed by atoms with Crippen LogP contribution < -0.4 is 5.32 Å². The Kier molecular flexibility index (Phi) is 7.04. The number of ether oxygens (including phenoxy) is 1. The summed E-state index contributed by atoms with van der Waals surface area (Å²) in [7, 11) is -3.90. The van der Waals surface area contributed by atoms with E-state index in [-0.39, 0.29) is 23.7 Å². The second kappa shape index (κ2) is 9.95. The van der Waals surface area contributed by atoms with Crippen LogP contribution in [0.4, 0.5) is 11.4 Å². The Morgan fingerprint density at radius 2 is 1.69 bits per heavy atom. The Balaban J connectivity index is 1.59. The molecule has 10 heteroatoms. The lowest BCUT2D eigenvalue weighted by Crippen LogP contribution is -2.40. The van der Waals surface area contributed by atoms with Crippen LogP contribution in [-0.2, 0) is 27.8 Å². The summed E-state index contributed by atoms with van der Waals surface area (Å²) in [5.41, 5.74) is 2.38. The van der Waals surface area contributed by atoms with Gasteiger partial charge in [0.1, 0.15) is 4.90 Å². The van der Waals surface area contributed by atoms with Gasteiger partial charge in [-0.15, -0.1) is 0 Å². The number of nitro groups is 1. The van der Waals surface area contributed by atoms with Crippen LogP contribution in [0.2, 0.25) is 0 Å². The van der Waals surface area contributed by atoms with Gasteiger partial charge in [-0.1, -0.05) is 24.3 Å². The standard InChI is InChI=1S/C22H28N4O5S/c27-26(28)20-7-8-21(22(15-20)32(29,30)25-11-13-31-14-12-25)23-16-18-5-1-2-6-19(18)17-24-9-3-4-10-24/h1-2,5-8,15,23H,3-4,9-14,16-17H2. The predicted octanol–water partition coefficient (Wildman–Crippen LogP) is 2.82. The smallest absolute Gasteiger partial charge is 0.270 e. The number of hydrogen-bond donors (Lipinski definition) is 1. The number of morpholine rings is 1. The van der Waals surface area contributed by atoms with E-state index in [4.69, 9.17) is 4.74 Å². The summed E-state index contributed by atoms with van der Waals surface area (Å²) in [6.07, 6.45) is 2.43.